The van der Waals surface area contributed by atoms with E-state index in [2.05, 4.69) is 10.4 Å². The molecule has 0 radical (unpaired) electrons. The molecule has 0 saturated carbocycles. The van der Waals surface area contributed by atoms with Crippen LogP contribution >= 0.6 is 0 Å². The molecule has 3 rings (SSSR count). The van der Waals surface area contributed by atoms with Gasteiger partial charge < -0.3 is 10.4 Å². The molecule has 3 aromatic rings. The third-order valence-electron chi connectivity index (χ3n) is 3.94. The number of hydrogen-bond acceptors (Lipinski definition) is 4. The minimum atomic E-state index is -0.561. The lowest BCUT2D eigenvalue weighted by Crippen LogP contribution is -2.26. The Kier molecular flexibility index (Phi) is 5.24. The topological polar surface area (TPSA) is 84.2 Å². The summed E-state index contributed by atoms with van der Waals surface area (Å²) in [6.45, 7) is 1.83. The average Bonchev–Trinajstić information content (AvgIpc) is 2.64. The third kappa shape index (κ3) is 3.87. The Morgan fingerprint density at radius 2 is 1.81 bits per heavy atom. The highest BCUT2D eigenvalue weighted by atomic mass is 16.3. The maximum absolute atomic E-state index is 12.5. The minimum Gasteiger partial charge on any atom is -0.396 e. The lowest BCUT2D eigenvalue weighted by atomic mass is 10.1. The Balaban J connectivity index is 1.88. The van der Waals surface area contributed by atoms with Crippen LogP contribution in [0.5, 0.6) is 0 Å². The molecular weight excluding hydrogens is 330 g/mol. The largest absolute Gasteiger partial charge is 0.396 e. The van der Waals surface area contributed by atoms with E-state index in [0.29, 0.717) is 17.8 Å². The molecule has 6 heteroatoms. The Labute approximate surface area is 150 Å². The summed E-state index contributed by atoms with van der Waals surface area (Å²) < 4.78 is 1.57. The van der Waals surface area contributed by atoms with E-state index in [-0.39, 0.29) is 12.3 Å². The SMILES string of the molecule is Cc1cc(=O)c(C(=O)Nc2ccc(CCO)cc2)nn1-c1ccccc1. The van der Waals surface area contributed by atoms with Crippen molar-refractivity contribution in [1.82, 2.24) is 9.78 Å². The van der Waals surface area contributed by atoms with Crippen LogP contribution in [0.25, 0.3) is 5.69 Å². The van der Waals surface area contributed by atoms with Gasteiger partial charge in [-0.15, -0.1) is 0 Å². The van der Waals surface area contributed by atoms with Crippen molar-refractivity contribution in [1.29, 1.82) is 0 Å². The molecule has 1 aromatic heterocycles. The first-order chi connectivity index (χ1) is 12.6. The second-order valence-corrected chi connectivity index (χ2v) is 5.87. The molecule has 1 heterocycles. The van der Waals surface area contributed by atoms with Gasteiger partial charge in [-0.3, -0.25) is 9.59 Å². The number of aryl methyl sites for hydroxylation is 1. The number of nitrogens with zero attached hydrogens (tertiary/aromatic N) is 2. The Morgan fingerprint density at radius 3 is 2.46 bits per heavy atom. The van der Waals surface area contributed by atoms with E-state index in [9.17, 15) is 9.59 Å². The van der Waals surface area contributed by atoms with Crippen molar-refractivity contribution in [2.75, 3.05) is 11.9 Å². The monoisotopic (exact) mass is 349 g/mol. The molecule has 0 saturated heterocycles. The van der Waals surface area contributed by atoms with E-state index in [4.69, 9.17) is 5.11 Å². The maximum Gasteiger partial charge on any atom is 0.280 e. The zero-order valence-electron chi connectivity index (χ0n) is 14.3. The molecule has 26 heavy (non-hydrogen) atoms. The number of carbonyl (C=O) groups excluding carboxylic acids is 1. The number of aromatic nitrogens is 2. The standard InChI is InChI=1S/C20H19N3O3/c1-14-13-18(25)19(22-23(14)17-5-3-2-4-6-17)20(26)21-16-9-7-15(8-10-16)11-12-24/h2-10,13,24H,11-12H2,1H3,(H,21,26). The lowest BCUT2D eigenvalue weighted by molar-refractivity contribution is 0.101. The van der Waals surface area contributed by atoms with Gasteiger partial charge in [-0.05, 0) is 43.2 Å². The summed E-state index contributed by atoms with van der Waals surface area (Å²) in [4.78, 5) is 24.7. The van der Waals surface area contributed by atoms with Crippen LogP contribution in [0.4, 0.5) is 5.69 Å². The molecule has 0 aliphatic carbocycles. The Bertz CT molecular complexity index is 964. The second kappa shape index (κ2) is 7.76. The first-order valence-electron chi connectivity index (χ1n) is 8.26. The summed E-state index contributed by atoms with van der Waals surface area (Å²) in [6, 6.07) is 17.8. The fourth-order valence-corrected chi connectivity index (χ4v) is 2.61. The molecule has 0 spiro atoms. The highest BCUT2D eigenvalue weighted by molar-refractivity contribution is 6.02. The molecule has 0 fully saturated rings. The van der Waals surface area contributed by atoms with Crippen LogP contribution in [0, 0.1) is 6.92 Å². The summed E-state index contributed by atoms with van der Waals surface area (Å²) in [5.41, 5.74) is 2.34. The van der Waals surface area contributed by atoms with Gasteiger partial charge in [0.05, 0.1) is 5.69 Å². The van der Waals surface area contributed by atoms with Gasteiger partial charge in [0, 0.05) is 24.1 Å². The number of nitrogens with one attached hydrogen (secondary N) is 1. The van der Waals surface area contributed by atoms with E-state index in [1.54, 1.807) is 23.7 Å². The van der Waals surface area contributed by atoms with Crippen LogP contribution in [-0.4, -0.2) is 27.4 Å². The van der Waals surface area contributed by atoms with E-state index >= 15 is 0 Å². The number of aliphatic hydroxyl groups is 1. The number of rotatable bonds is 5. The number of aliphatic hydroxyl groups excluding tert-OH is 1. The van der Waals surface area contributed by atoms with Crippen LogP contribution < -0.4 is 10.7 Å². The second-order valence-electron chi connectivity index (χ2n) is 5.87. The first-order valence-corrected chi connectivity index (χ1v) is 8.26. The molecule has 2 aromatic carbocycles. The number of amides is 1. The van der Waals surface area contributed by atoms with Crippen molar-refractivity contribution >= 4 is 11.6 Å². The van der Waals surface area contributed by atoms with Gasteiger partial charge in [0.25, 0.3) is 5.91 Å². The molecule has 6 nitrogen and oxygen atoms in total. The summed E-state index contributed by atoms with van der Waals surface area (Å²) in [7, 11) is 0. The zero-order chi connectivity index (χ0) is 18.5. The normalized spacial score (nSPS) is 10.5. The van der Waals surface area contributed by atoms with Gasteiger partial charge in [-0.25, -0.2) is 4.68 Å². The van der Waals surface area contributed by atoms with Crippen molar-refractivity contribution < 1.29 is 9.90 Å². The van der Waals surface area contributed by atoms with Gasteiger partial charge in [-0.2, -0.15) is 5.10 Å². The molecule has 0 aliphatic rings. The predicted octanol–water partition coefficient (Wildman–Crippen LogP) is 2.33. The van der Waals surface area contributed by atoms with Gasteiger partial charge in [-0.1, -0.05) is 30.3 Å². The third-order valence-corrected chi connectivity index (χ3v) is 3.94. The Hall–Kier alpha value is -3.25. The number of benzene rings is 2. The van der Waals surface area contributed by atoms with Crippen LogP contribution in [0.1, 0.15) is 21.7 Å². The molecule has 0 unspecified atom stereocenters. The van der Waals surface area contributed by atoms with E-state index in [1.807, 2.05) is 42.5 Å². The number of anilines is 1. The smallest absolute Gasteiger partial charge is 0.280 e. The van der Waals surface area contributed by atoms with Gasteiger partial charge >= 0.3 is 0 Å². The van der Waals surface area contributed by atoms with Crippen molar-refractivity contribution in [2.24, 2.45) is 0 Å². The summed E-state index contributed by atoms with van der Waals surface area (Å²) in [5, 5.41) is 15.9. The number of para-hydroxylation sites is 1. The van der Waals surface area contributed by atoms with Gasteiger partial charge in [0.15, 0.2) is 5.69 Å². The first kappa shape index (κ1) is 17.6. The minimum absolute atomic E-state index is 0.0675. The summed E-state index contributed by atoms with van der Waals surface area (Å²) in [5.74, 6) is -0.561. The predicted molar refractivity (Wildman–Crippen MR) is 99.8 cm³/mol. The quantitative estimate of drug-likeness (QED) is 0.740. The molecule has 132 valence electrons. The van der Waals surface area contributed by atoms with E-state index < -0.39 is 11.3 Å². The molecule has 1 amide bonds. The van der Waals surface area contributed by atoms with Gasteiger partial charge in [0.2, 0.25) is 5.43 Å². The highest BCUT2D eigenvalue weighted by Crippen LogP contribution is 2.12. The molecule has 0 bridgehead atoms. The van der Waals surface area contributed by atoms with Crippen molar-refractivity contribution in [3.63, 3.8) is 0 Å². The Morgan fingerprint density at radius 1 is 1.12 bits per heavy atom. The molecular formula is C20H19N3O3. The fourth-order valence-electron chi connectivity index (χ4n) is 2.61. The summed E-state index contributed by atoms with van der Waals surface area (Å²) in [6.07, 6.45) is 0.551. The average molecular weight is 349 g/mol. The van der Waals surface area contributed by atoms with Crippen LogP contribution in [0.3, 0.4) is 0 Å². The van der Waals surface area contributed by atoms with Crippen LogP contribution in [0.15, 0.2) is 65.5 Å². The highest BCUT2D eigenvalue weighted by Gasteiger charge is 2.15. The van der Waals surface area contributed by atoms with Gasteiger partial charge in [0.1, 0.15) is 0 Å². The summed E-state index contributed by atoms with van der Waals surface area (Å²) >= 11 is 0. The fraction of sp³-hybridized carbons (Fsp3) is 0.150. The van der Waals surface area contributed by atoms with Crippen molar-refractivity contribution in [2.45, 2.75) is 13.3 Å². The molecule has 0 atom stereocenters. The zero-order valence-corrected chi connectivity index (χ0v) is 14.3. The number of carbonyl (C=O) groups is 1. The van der Waals surface area contributed by atoms with E-state index in [1.165, 1.54) is 6.07 Å². The lowest BCUT2D eigenvalue weighted by Gasteiger charge is -2.11. The molecule has 2 N–H and O–H groups in total. The van der Waals surface area contributed by atoms with E-state index in [0.717, 1.165) is 11.3 Å². The number of hydrogen-bond donors (Lipinski definition) is 2. The van der Waals surface area contributed by atoms with Crippen molar-refractivity contribution in [3.8, 4) is 5.69 Å². The van der Waals surface area contributed by atoms with Crippen LogP contribution in [-0.2, 0) is 6.42 Å². The molecule has 0 aliphatic heterocycles. The van der Waals surface area contributed by atoms with Crippen LogP contribution in [0.2, 0.25) is 0 Å². The maximum atomic E-state index is 12.5. The van der Waals surface area contributed by atoms with Crippen molar-refractivity contribution in [3.05, 3.63) is 87.8 Å².